The number of anilines is 1. The highest BCUT2D eigenvalue weighted by Gasteiger charge is 2.20. The molecule has 1 aliphatic carbocycles. The summed E-state index contributed by atoms with van der Waals surface area (Å²) in [5.41, 5.74) is 2.39. The summed E-state index contributed by atoms with van der Waals surface area (Å²) in [5, 5.41) is 5.31. The Labute approximate surface area is 161 Å². The summed E-state index contributed by atoms with van der Waals surface area (Å²) in [5.74, 6) is -0.115. The molecule has 4 rings (SSSR count). The van der Waals surface area contributed by atoms with Crippen molar-refractivity contribution in [2.75, 3.05) is 5.32 Å². The van der Waals surface area contributed by atoms with E-state index in [1.165, 1.54) is 11.8 Å². The van der Waals surface area contributed by atoms with E-state index in [2.05, 4.69) is 15.3 Å². The standard InChI is InChI=1S/C21H21N3O2S/c1-13(27-21-23-18-9-5-4-8-17(18)20(26)24-21)19(25)22-16-11-10-14-6-2-3-7-15(14)12-16/h2-3,6-7,10-13H,4-5,8-9H2,1H3,(H,22,25)(H,23,24,26)/t13-/m0/s1. The average Bonchev–Trinajstić information content (AvgIpc) is 2.68. The molecule has 3 aromatic rings. The minimum atomic E-state index is -0.374. The van der Waals surface area contributed by atoms with Crippen molar-refractivity contribution in [1.29, 1.82) is 0 Å². The molecular weight excluding hydrogens is 358 g/mol. The lowest BCUT2D eigenvalue weighted by molar-refractivity contribution is -0.115. The van der Waals surface area contributed by atoms with E-state index in [9.17, 15) is 9.59 Å². The Kier molecular flexibility index (Phi) is 4.99. The number of hydrogen-bond donors (Lipinski definition) is 2. The Morgan fingerprint density at radius 2 is 1.93 bits per heavy atom. The maximum absolute atomic E-state index is 12.6. The molecule has 0 radical (unpaired) electrons. The van der Waals surface area contributed by atoms with Crippen LogP contribution >= 0.6 is 11.8 Å². The van der Waals surface area contributed by atoms with Gasteiger partial charge in [0.05, 0.1) is 10.9 Å². The van der Waals surface area contributed by atoms with Crippen molar-refractivity contribution in [2.45, 2.75) is 43.0 Å². The van der Waals surface area contributed by atoms with E-state index < -0.39 is 0 Å². The van der Waals surface area contributed by atoms with Crippen LogP contribution in [0.5, 0.6) is 0 Å². The SMILES string of the molecule is C[C@H](Sc1nc2c(c(=O)[nH]1)CCCC2)C(=O)Nc1ccc2ccccc2c1. The molecular formula is C21H21N3O2S. The number of hydrogen-bond acceptors (Lipinski definition) is 4. The number of carbonyl (C=O) groups is 1. The number of rotatable bonds is 4. The van der Waals surface area contributed by atoms with Crippen LogP contribution in [-0.2, 0) is 17.6 Å². The van der Waals surface area contributed by atoms with Crippen LogP contribution < -0.4 is 10.9 Å². The molecule has 6 heteroatoms. The number of H-pyrrole nitrogens is 1. The molecule has 0 spiro atoms. The lowest BCUT2D eigenvalue weighted by Crippen LogP contribution is -2.25. The van der Waals surface area contributed by atoms with E-state index >= 15 is 0 Å². The summed E-state index contributed by atoms with van der Waals surface area (Å²) < 4.78 is 0. The molecule has 1 amide bonds. The number of aromatic nitrogens is 2. The van der Waals surface area contributed by atoms with E-state index in [-0.39, 0.29) is 16.7 Å². The molecule has 0 bridgehead atoms. The number of aromatic amines is 1. The van der Waals surface area contributed by atoms with Gasteiger partial charge in [0.15, 0.2) is 5.16 Å². The Bertz CT molecular complexity index is 1060. The number of nitrogens with one attached hydrogen (secondary N) is 2. The molecule has 1 aromatic heterocycles. The van der Waals surface area contributed by atoms with E-state index in [0.717, 1.165) is 53.4 Å². The highest BCUT2D eigenvalue weighted by molar-refractivity contribution is 8.00. The Morgan fingerprint density at radius 1 is 1.15 bits per heavy atom. The molecule has 1 atom stereocenters. The maximum atomic E-state index is 12.6. The second-order valence-electron chi connectivity index (χ2n) is 6.81. The van der Waals surface area contributed by atoms with Gasteiger partial charge in [-0.05, 0) is 55.5 Å². The van der Waals surface area contributed by atoms with Gasteiger partial charge in [0.1, 0.15) is 0 Å². The van der Waals surface area contributed by atoms with Crippen molar-refractivity contribution in [1.82, 2.24) is 9.97 Å². The minimum absolute atomic E-state index is 0.0654. The second-order valence-corrected chi connectivity index (χ2v) is 8.14. The van der Waals surface area contributed by atoms with Gasteiger partial charge in [-0.1, -0.05) is 42.1 Å². The fourth-order valence-electron chi connectivity index (χ4n) is 3.37. The molecule has 27 heavy (non-hydrogen) atoms. The van der Waals surface area contributed by atoms with Crippen molar-refractivity contribution in [2.24, 2.45) is 0 Å². The summed E-state index contributed by atoms with van der Waals surface area (Å²) in [7, 11) is 0. The van der Waals surface area contributed by atoms with Gasteiger partial charge in [-0.2, -0.15) is 0 Å². The van der Waals surface area contributed by atoms with E-state index in [0.29, 0.717) is 5.16 Å². The highest BCUT2D eigenvalue weighted by atomic mass is 32.2. The predicted molar refractivity (Wildman–Crippen MR) is 109 cm³/mol. The largest absolute Gasteiger partial charge is 0.325 e. The Morgan fingerprint density at radius 3 is 2.78 bits per heavy atom. The van der Waals surface area contributed by atoms with Gasteiger partial charge >= 0.3 is 0 Å². The zero-order valence-corrected chi connectivity index (χ0v) is 15.9. The Balaban J connectivity index is 1.47. The van der Waals surface area contributed by atoms with Gasteiger partial charge in [-0.15, -0.1) is 0 Å². The van der Waals surface area contributed by atoms with E-state index in [1.54, 1.807) is 0 Å². The molecule has 1 aliphatic rings. The third-order valence-corrected chi connectivity index (χ3v) is 5.83. The number of fused-ring (bicyclic) bond motifs is 2. The van der Waals surface area contributed by atoms with E-state index in [4.69, 9.17) is 0 Å². The zero-order chi connectivity index (χ0) is 18.8. The summed E-state index contributed by atoms with van der Waals surface area (Å²) in [4.78, 5) is 32.2. The van der Waals surface area contributed by atoms with Gasteiger partial charge in [-0.25, -0.2) is 4.98 Å². The first-order chi connectivity index (χ1) is 13.1. The van der Waals surface area contributed by atoms with Crippen LogP contribution in [0, 0.1) is 0 Å². The third kappa shape index (κ3) is 3.90. The van der Waals surface area contributed by atoms with E-state index in [1.807, 2.05) is 49.4 Å². The van der Waals surface area contributed by atoms with Crippen molar-refractivity contribution in [3.8, 4) is 0 Å². The van der Waals surface area contributed by atoms with Crippen molar-refractivity contribution < 1.29 is 4.79 Å². The summed E-state index contributed by atoms with van der Waals surface area (Å²) >= 11 is 1.28. The van der Waals surface area contributed by atoms with Gasteiger partial charge in [-0.3, -0.25) is 9.59 Å². The smallest absolute Gasteiger partial charge is 0.254 e. The van der Waals surface area contributed by atoms with Crippen molar-refractivity contribution >= 4 is 34.1 Å². The molecule has 0 fully saturated rings. The molecule has 2 N–H and O–H groups in total. The topological polar surface area (TPSA) is 74.8 Å². The number of carbonyl (C=O) groups excluding carboxylic acids is 1. The van der Waals surface area contributed by atoms with Crippen LogP contribution in [0.3, 0.4) is 0 Å². The summed E-state index contributed by atoms with van der Waals surface area (Å²) in [6.45, 7) is 1.82. The normalized spacial score (nSPS) is 14.6. The van der Waals surface area contributed by atoms with Crippen LogP contribution in [0.15, 0.2) is 52.4 Å². The molecule has 1 heterocycles. The van der Waals surface area contributed by atoms with Gasteiger partial charge in [0.2, 0.25) is 5.91 Å². The molecule has 0 saturated heterocycles. The van der Waals surface area contributed by atoms with Gasteiger partial charge in [0.25, 0.3) is 5.56 Å². The average molecular weight is 379 g/mol. The Hall–Kier alpha value is -2.60. The quantitative estimate of drug-likeness (QED) is 0.532. The van der Waals surface area contributed by atoms with Crippen LogP contribution in [0.25, 0.3) is 10.8 Å². The molecule has 138 valence electrons. The van der Waals surface area contributed by atoms with Crippen LogP contribution in [0.1, 0.15) is 31.0 Å². The van der Waals surface area contributed by atoms with Crippen molar-refractivity contribution in [3.05, 3.63) is 64.1 Å². The summed E-state index contributed by atoms with van der Waals surface area (Å²) in [6.07, 6.45) is 3.73. The third-order valence-electron chi connectivity index (χ3n) is 4.84. The number of amides is 1. The summed E-state index contributed by atoms with van der Waals surface area (Å²) in [6, 6.07) is 13.9. The highest BCUT2D eigenvalue weighted by Crippen LogP contribution is 2.24. The molecule has 0 aliphatic heterocycles. The predicted octanol–water partition coefficient (Wildman–Crippen LogP) is 3.92. The molecule has 0 saturated carbocycles. The number of benzene rings is 2. The fourth-order valence-corrected chi connectivity index (χ4v) is 4.18. The molecule has 0 unspecified atom stereocenters. The first-order valence-electron chi connectivity index (χ1n) is 9.18. The first kappa shape index (κ1) is 17.8. The lowest BCUT2D eigenvalue weighted by Gasteiger charge is -2.16. The minimum Gasteiger partial charge on any atom is -0.325 e. The monoisotopic (exact) mass is 379 g/mol. The maximum Gasteiger partial charge on any atom is 0.254 e. The molecule has 2 aromatic carbocycles. The second kappa shape index (κ2) is 7.56. The molecule has 5 nitrogen and oxygen atoms in total. The van der Waals surface area contributed by atoms with Gasteiger partial charge in [0, 0.05) is 11.3 Å². The van der Waals surface area contributed by atoms with Crippen molar-refractivity contribution in [3.63, 3.8) is 0 Å². The van der Waals surface area contributed by atoms with Crippen LogP contribution in [-0.4, -0.2) is 21.1 Å². The zero-order valence-electron chi connectivity index (χ0n) is 15.1. The van der Waals surface area contributed by atoms with Crippen LogP contribution in [0.4, 0.5) is 5.69 Å². The van der Waals surface area contributed by atoms with Crippen LogP contribution in [0.2, 0.25) is 0 Å². The number of aryl methyl sites for hydroxylation is 1. The first-order valence-corrected chi connectivity index (χ1v) is 10.1. The van der Waals surface area contributed by atoms with Gasteiger partial charge < -0.3 is 10.3 Å². The number of thioether (sulfide) groups is 1. The lowest BCUT2D eigenvalue weighted by atomic mass is 9.97. The fraction of sp³-hybridized carbons (Fsp3) is 0.286. The number of nitrogens with zero attached hydrogens (tertiary/aromatic N) is 1.